The van der Waals surface area contributed by atoms with Crippen LogP contribution in [0.15, 0.2) is 66.7 Å². The Morgan fingerprint density at radius 3 is 2.48 bits per heavy atom. The summed E-state index contributed by atoms with van der Waals surface area (Å²) in [5, 5.41) is 6.10. The molecule has 1 N–H and O–H groups in total. The predicted molar refractivity (Wildman–Crippen MR) is 95.6 cm³/mol. The number of carbonyl (C=O) groups excluding carboxylic acids is 1. The van der Waals surface area contributed by atoms with Crippen LogP contribution in [0, 0.1) is 0 Å². The molecular formula is C20H18ClNO. The molecule has 0 fully saturated rings. The van der Waals surface area contributed by atoms with Crippen molar-refractivity contribution < 1.29 is 4.79 Å². The van der Waals surface area contributed by atoms with Crippen LogP contribution in [0.5, 0.6) is 0 Å². The average molecular weight is 324 g/mol. The number of nitrogens with one attached hydrogen (secondary N) is 1. The fraction of sp³-hybridized carbons (Fsp3) is 0.150. The van der Waals surface area contributed by atoms with E-state index in [9.17, 15) is 4.79 Å². The van der Waals surface area contributed by atoms with Crippen LogP contribution in [0.1, 0.15) is 17.5 Å². The zero-order valence-corrected chi connectivity index (χ0v) is 13.5. The van der Waals surface area contributed by atoms with Gasteiger partial charge in [-0.2, -0.15) is 0 Å². The summed E-state index contributed by atoms with van der Waals surface area (Å²) in [5.41, 5.74) is 2.26. The van der Waals surface area contributed by atoms with E-state index in [1.54, 1.807) is 0 Å². The second kappa shape index (κ2) is 7.30. The molecule has 3 heteroatoms. The average Bonchev–Trinajstić information content (AvgIpc) is 2.59. The summed E-state index contributed by atoms with van der Waals surface area (Å²) in [6, 6.07) is 22.0. The third-order valence-corrected chi connectivity index (χ3v) is 4.16. The lowest BCUT2D eigenvalue weighted by atomic mass is 10.0. The van der Waals surface area contributed by atoms with Gasteiger partial charge in [0.05, 0.1) is 0 Å². The largest absolute Gasteiger partial charge is 0.352 e. The number of hydrogen-bond acceptors (Lipinski definition) is 1. The SMILES string of the molecule is O=C(CCc1cccc2ccccc12)NCc1ccc(Cl)cc1. The van der Waals surface area contributed by atoms with E-state index in [4.69, 9.17) is 11.6 Å². The van der Waals surface area contributed by atoms with Crippen molar-refractivity contribution in [3.63, 3.8) is 0 Å². The Kier molecular flexibility index (Phi) is 4.94. The molecule has 0 atom stereocenters. The summed E-state index contributed by atoms with van der Waals surface area (Å²) in [7, 11) is 0. The summed E-state index contributed by atoms with van der Waals surface area (Å²) >= 11 is 5.85. The van der Waals surface area contributed by atoms with E-state index in [0.29, 0.717) is 18.0 Å². The van der Waals surface area contributed by atoms with Crippen molar-refractivity contribution in [3.05, 3.63) is 82.9 Å². The number of hydrogen-bond donors (Lipinski definition) is 1. The highest BCUT2D eigenvalue weighted by atomic mass is 35.5. The first kappa shape index (κ1) is 15.6. The molecule has 0 aliphatic heterocycles. The molecule has 0 heterocycles. The molecule has 0 saturated heterocycles. The number of fused-ring (bicyclic) bond motifs is 1. The van der Waals surface area contributed by atoms with Crippen LogP contribution in [0.2, 0.25) is 5.02 Å². The van der Waals surface area contributed by atoms with Crippen LogP contribution in [0.4, 0.5) is 0 Å². The number of carbonyl (C=O) groups is 1. The van der Waals surface area contributed by atoms with Crippen LogP contribution in [0.3, 0.4) is 0 Å². The predicted octanol–water partition coefficient (Wildman–Crippen LogP) is 4.74. The molecule has 0 aliphatic rings. The molecule has 116 valence electrons. The third kappa shape index (κ3) is 4.11. The van der Waals surface area contributed by atoms with E-state index in [1.165, 1.54) is 16.3 Å². The number of benzene rings is 3. The standard InChI is InChI=1S/C20H18ClNO/c21-18-11-8-15(9-12-18)14-22-20(23)13-10-17-6-3-5-16-4-1-2-7-19(16)17/h1-9,11-12H,10,13-14H2,(H,22,23). The summed E-state index contributed by atoms with van der Waals surface area (Å²) in [6.45, 7) is 0.533. The molecular weight excluding hydrogens is 306 g/mol. The second-order valence-electron chi connectivity index (χ2n) is 5.54. The smallest absolute Gasteiger partial charge is 0.220 e. The zero-order valence-electron chi connectivity index (χ0n) is 12.8. The maximum atomic E-state index is 12.1. The Balaban J connectivity index is 1.57. The van der Waals surface area contributed by atoms with Crippen molar-refractivity contribution in [1.29, 1.82) is 0 Å². The van der Waals surface area contributed by atoms with Crippen molar-refractivity contribution >= 4 is 28.3 Å². The van der Waals surface area contributed by atoms with Gasteiger partial charge in [-0.1, -0.05) is 66.2 Å². The van der Waals surface area contributed by atoms with Crippen molar-refractivity contribution in [2.24, 2.45) is 0 Å². The first-order chi connectivity index (χ1) is 11.2. The van der Waals surface area contributed by atoms with Gasteiger partial charge < -0.3 is 5.32 Å². The lowest BCUT2D eigenvalue weighted by Gasteiger charge is -2.08. The normalized spacial score (nSPS) is 10.7. The maximum absolute atomic E-state index is 12.1. The van der Waals surface area contributed by atoms with Crippen molar-refractivity contribution in [1.82, 2.24) is 5.32 Å². The van der Waals surface area contributed by atoms with Gasteiger partial charge >= 0.3 is 0 Å². The Labute approximate surface area is 141 Å². The van der Waals surface area contributed by atoms with Crippen LogP contribution in [-0.4, -0.2) is 5.91 Å². The first-order valence-electron chi connectivity index (χ1n) is 7.70. The maximum Gasteiger partial charge on any atom is 0.220 e. The molecule has 3 aromatic carbocycles. The lowest BCUT2D eigenvalue weighted by molar-refractivity contribution is -0.121. The van der Waals surface area contributed by atoms with Gasteiger partial charge in [0.2, 0.25) is 5.91 Å². The Bertz CT molecular complexity index is 806. The molecule has 0 saturated carbocycles. The summed E-state index contributed by atoms with van der Waals surface area (Å²) in [4.78, 5) is 12.1. The van der Waals surface area contributed by atoms with E-state index in [0.717, 1.165) is 12.0 Å². The van der Waals surface area contributed by atoms with E-state index in [2.05, 4.69) is 29.6 Å². The molecule has 0 aliphatic carbocycles. The molecule has 0 unspecified atom stereocenters. The van der Waals surface area contributed by atoms with Gasteiger partial charge in [-0.05, 0) is 40.5 Å². The molecule has 3 aromatic rings. The highest BCUT2D eigenvalue weighted by Gasteiger charge is 2.05. The van der Waals surface area contributed by atoms with Crippen LogP contribution in [-0.2, 0) is 17.8 Å². The van der Waals surface area contributed by atoms with E-state index in [1.807, 2.05) is 42.5 Å². The molecule has 3 rings (SSSR count). The van der Waals surface area contributed by atoms with Gasteiger partial charge in [0.25, 0.3) is 0 Å². The van der Waals surface area contributed by atoms with Crippen LogP contribution >= 0.6 is 11.6 Å². The van der Waals surface area contributed by atoms with Gasteiger partial charge in [-0.25, -0.2) is 0 Å². The molecule has 0 bridgehead atoms. The van der Waals surface area contributed by atoms with Gasteiger partial charge in [-0.15, -0.1) is 0 Å². The number of amides is 1. The second-order valence-corrected chi connectivity index (χ2v) is 5.98. The summed E-state index contributed by atoms with van der Waals surface area (Å²) < 4.78 is 0. The molecule has 0 spiro atoms. The van der Waals surface area contributed by atoms with Crippen molar-refractivity contribution in [2.45, 2.75) is 19.4 Å². The number of aryl methyl sites for hydroxylation is 1. The fourth-order valence-electron chi connectivity index (χ4n) is 2.65. The Morgan fingerprint density at radius 1 is 0.913 bits per heavy atom. The molecule has 1 amide bonds. The minimum absolute atomic E-state index is 0.0629. The fourth-order valence-corrected chi connectivity index (χ4v) is 2.78. The molecule has 0 aromatic heterocycles. The topological polar surface area (TPSA) is 29.1 Å². The van der Waals surface area contributed by atoms with E-state index >= 15 is 0 Å². The van der Waals surface area contributed by atoms with E-state index < -0.39 is 0 Å². The molecule has 23 heavy (non-hydrogen) atoms. The van der Waals surface area contributed by atoms with Gasteiger partial charge in [0, 0.05) is 18.0 Å². The summed E-state index contributed by atoms with van der Waals surface area (Å²) in [5.74, 6) is 0.0629. The number of halogens is 1. The highest BCUT2D eigenvalue weighted by molar-refractivity contribution is 6.30. The minimum Gasteiger partial charge on any atom is -0.352 e. The van der Waals surface area contributed by atoms with Gasteiger partial charge in [0.1, 0.15) is 0 Å². The molecule has 0 radical (unpaired) electrons. The zero-order chi connectivity index (χ0) is 16.1. The monoisotopic (exact) mass is 323 g/mol. The third-order valence-electron chi connectivity index (χ3n) is 3.90. The van der Waals surface area contributed by atoms with Crippen molar-refractivity contribution in [3.8, 4) is 0 Å². The summed E-state index contributed by atoms with van der Waals surface area (Å²) in [6.07, 6.45) is 1.23. The quantitative estimate of drug-likeness (QED) is 0.721. The van der Waals surface area contributed by atoms with Gasteiger partial charge in [0.15, 0.2) is 0 Å². The Hall–Kier alpha value is -2.32. The van der Waals surface area contributed by atoms with E-state index in [-0.39, 0.29) is 5.91 Å². The highest BCUT2D eigenvalue weighted by Crippen LogP contribution is 2.19. The number of rotatable bonds is 5. The minimum atomic E-state index is 0.0629. The van der Waals surface area contributed by atoms with Crippen LogP contribution < -0.4 is 5.32 Å². The van der Waals surface area contributed by atoms with Crippen LogP contribution in [0.25, 0.3) is 10.8 Å². The lowest BCUT2D eigenvalue weighted by Crippen LogP contribution is -2.22. The molecule has 2 nitrogen and oxygen atoms in total. The van der Waals surface area contributed by atoms with Crippen molar-refractivity contribution in [2.75, 3.05) is 0 Å². The Morgan fingerprint density at radius 2 is 1.65 bits per heavy atom. The first-order valence-corrected chi connectivity index (χ1v) is 8.08. The van der Waals surface area contributed by atoms with Gasteiger partial charge in [-0.3, -0.25) is 4.79 Å².